The molecule has 0 radical (unpaired) electrons. The summed E-state index contributed by atoms with van der Waals surface area (Å²) < 4.78 is 10.8. The fraction of sp³-hybridized carbons (Fsp3) is 0.655. The number of Topliss-reactive ketones (excluding diaryl/α,β-unsaturated/α-hetero) is 1. The molecule has 0 aromatic carbocycles. The van der Waals surface area contributed by atoms with E-state index in [-0.39, 0.29) is 83.6 Å². The number of carbonyl (C=O) groups excluding carboxylic acids is 4. The number of ketones is 2. The first-order valence-corrected chi connectivity index (χ1v) is 13.0. The molecule has 4 aliphatic rings. The van der Waals surface area contributed by atoms with Crippen LogP contribution in [-0.4, -0.2) is 36.7 Å². The van der Waals surface area contributed by atoms with E-state index in [9.17, 15) is 19.2 Å². The molecule has 0 heterocycles. The zero-order valence-electron chi connectivity index (χ0n) is 21.6. The summed E-state index contributed by atoms with van der Waals surface area (Å²) in [5.74, 6) is -0.342. The number of hydrogen-bond acceptors (Lipinski definition) is 6. The van der Waals surface area contributed by atoms with Crippen LogP contribution in [0.2, 0.25) is 0 Å². The van der Waals surface area contributed by atoms with Crippen molar-refractivity contribution in [3.63, 3.8) is 0 Å². The van der Waals surface area contributed by atoms with Crippen LogP contribution in [0.5, 0.6) is 0 Å². The lowest BCUT2D eigenvalue weighted by Gasteiger charge is -2.54. The van der Waals surface area contributed by atoms with Crippen molar-refractivity contribution in [2.75, 3.05) is 13.2 Å². The highest BCUT2D eigenvalue weighted by Gasteiger charge is 2.61. The summed E-state index contributed by atoms with van der Waals surface area (Å²) in [5.41, 5.74) is 1.95. The van der Waals surface area contributed by atoms with Gasteiger partial charge in [0.05, 0.1) is 6.61 Å². The molecule has 6 heteroatoms. The van der Waals surface area contributed by atoms with Gasteiger partial charge in [0.1, 0.15) is 6.61 Å². The Labute approximate surface area is 208 Å². The zero-order valence-corrected chi connectivity index (χ0v) is 21.6. The summed E-state index contributed by atoms with van der Waals surface area (Å²) in [7, 11) is 0. The molecule has 6 nitrogen and oxygen atoms in total. The molecule has 7 atom stereocenters. The van der Waals surface area contributed by atoms with Gasteiger partial charge in [-0.05, 0) is 67.1 Å². The lowest BCUT2D eigenvalue weighted by molar-refractivity contribution is -0.151. The van der Waals surface area contributed by atoms with Crippen LogP contribution in [0, 0.1) is 40.4 Å². The molecule has 0 bridgehead atoms. The Bertz CT molecular complexity index is 1020. The Morgan fingerprint density at radius 2 is 1.71 bits per heavy atom. The number of allylic oxidation sites excluding steroid dienone is 6. The Morgan fingerprint density at radius 1 is 1.03 bits per heavy atom. The largest absolute Gasteiger partial charge is 0.465 e. The summed E-state index contributed by atoms with van der Waals surface area (Å²) >= 11 is 0. The van der Waals surface area contributed by atoms with Crippen molar-refractivity contribution in [3.8, 4) is 0 Å². The van der Waals surface area contributed by atoms with Gasteiger partial charge in [0.2, 0.25) is 0 Å². The maximum Gasteiger partial charge on any atom is 0.305 e. The van der Waals surface area contributed by atoms with Crippen LogP contribution in [-0.2, 0) is 28.7 Å². The topological polar surface area (TPSA) is 86.7 Å². The van der Waals surface area contributed by atoms with Crippen LogP contribution in [0.25, 0.3) is 0 Å². The molecule has 0 spiro atoms. The van der Waals surface area contributed by atoms with Crippen molar-refractivity contribution >= 4 is 23.5 Å². The molecule has 35 heavy (non-hydrogen) atoms. The molecular formula is C29H38O6. The highest BCUT2D eigenvalue weighted by molar-refractivity contribution is 6.01. The van der Waals surface area contributed by atoms with E-state index in [4.69, 9.17) is 9.47 Å². The number of esters is 2. The molecule has 2 fully saturated rings. The zero-order chi connectivity index (χ0) is 25.5. The Balaban J connectivity index is 1.68. The van der Waals surface area contributed by atoms with E-state index in [1.165, 1.54) is 11.1 Å². The SMILES string of the molecule is CCC(=O)OCC(=O)[C@H]1[C@@H](COC(=O)CC)C[C@H]2[C@@H]3C[C@H](C)C4=CC(=O)C=C[C@]4(C)C3=CC[C@@]21C. The predicted molar refractivity (Wildman–Crippen MR) is 131 cm³/mol. The average molecular weight is 483 g/mol. The minimum Gasteiger partial charge on any atom is -0.465 e. The van der Waals surface area contributed by atoms with Gasteiger partial charge in [-0.3, -0.25) is 19.2 Å². The highest BCUT2D eigenvalue weighted by Crippen LogP contribution is 2.66. The summed E-state index contributed by atoms with van der Waals surface area (Å²) in [4.78, 5) is 49.4. The van der Waals surface area contributed by atoms with Crippen LogP contribution in [0.15, 0.2) is 35.5 Å². The van der Waals surface area contributed by atoms with Gasteiger partial charge < -0.3 is 9.47 Å². The van der Waals surface area contributed by atoms with Crippen molar-refractivity contribution < 1.29 is 28.7 Å². The first-order chi connectivity index (χ1) is 16.5. The second-order valence-electron chi connectivity index (χ2n) is 11.2. The number of hydrogen-bond donors (Lipinski definition) is 0. The Hall–Kier alpha value is -2.50. The molecule has 0 saturated heterocycles. The van der Waals surface area contributed by atoms with Crippen LogP contribution in [0.3, 0.4) is 0 Å². The molecule has 0 aliphatic heterocycles. The smallest absolute Gasteiger partial charge is 0.305 e. The van der Waals surface area contributed by atoms with E-state index in [0.29, 0.717) is 6.42 Å². The molecule has 4 rings (SSSR count). The van der Waals surface area contributed by atoms with E-state index in [1.54, 1.807) is 19.9 Å². The van der Waals surface area contributed by atoms with E-state index in [0.717, 1.165) is 19.3 Å². The molecule has 2 saturated carbocycles. The van der Waals surface area contributed by atoms with E-state index >= 15 is 0 Å². The fourth-order valence-electron chi connectivity index (χ4n) is 7.55. The first kappa shape index (κ1) is 25.6. The van der Waals surface area contributed by atoms with Crippen molar-refractivity contribution in [3.05, 3.63) is 35.5 Å². The fourth-order valence-corrected chi connectivity index (χ4v) is 7.55. The Morgan fingerprint density at radius 3 is 2.40 bits per heavy atom. The number of fused-ring (bicyclic) bond motifs is 5. The van der Waals surface area contributed by atoms with Gasteiger partial charge >= 0.3 is 11.9 Å². The molecule has 0 aromatic heterocycles. The molecular weight excluding hydrogens is 444 g/mol. The van der Waals surface area contributed by atoms with Gasteiger partial charge in [0.15, 0.2) is 11.6 Å². The molecule has 0 amide bonds. The number of ether oxygens (including phenoxy) is 2. The van der Waals surface area contributed by atoms with Crippen molar-refractivity contribution in [2.45, 2.75) is 66.7 Å². The van der Waals surface area contributed by atoms with Crippen LogP contribution in [0.4, 0.5) is 0 Å². The maximum atomic E-state index is 13.5. The summed E-state index contributed by atoms with van der Waals surface area (Å²) in [6, 6.07) is 0. The van der Waals surface area contributed by atoms with E-state index < -0.39 is 0 Å². The lowest BCUT2D eigenvalue weighted by atomic mass is 9.50. The third kappa shape index (κ3) is 4.34. The first-order valence-electron chi connectivity index (χ1n) is 13.0. The molecule has 190 valence electrons. The third-order valence-electron chi connectivity index (χ3n) is 9.21. The molecule has 0 unspecified atom stereocenters. The van der Waals surface area contributed by atoms with Gasteiger partial charge in [-0.2, -0.15) is 0 Å². The lowest BCUT2D eigenvalue weighted by Crippen LogP contribution is -2.47. The van der Waals surface area contributed by atoms with E-state index in [2.05, 4.69) is 32.9 Å². The average Bonchev–Trinajstić information content (AvgIpc) is 3.14. The molecule has 0 aromatic rings. The van der Waals surface area contributed by atoms with Crippen molar-refractivity contribution in [1.82, 2.24) is 0 Å². The maximum absolute atomic E-state index is 13.5. The standard InChI is InChI=1S/C29H38O6/c1-6-25(32)34-15-18-13-23-20-12-17(3)22-14-19(30)8-10-28(22,4)21(20)9-11-29(23,5)27(18)24(31)16-35-26(33)7-2/h8-10,14,17-18,20,23,27H,6-7,11-13,15-16H2,1-5H3/t17-,18+,20+,23-,27+,28+,29-/m0/s1. The monoisotopic (exact) mass is 482 g/mol. The van der Waals surface area contributed by atoms with Gasteiger partial charge in [0.25, 0.3) is 0 Å². The van der Waals surface area contributed by atoms with Crippen LogP contribution >= 0.6 is 0 Å². The second-order valence-corrected chi connectivity index (χ2v) is 11.2. The molecule has 0 N–H and O–H groups in total. The van der Waals surface area contributed by atoms with Gasteiger partial charge in [-0.1, -0.05) is 45.4 Å². The minimum absolute atomic E-state index is 0.0509. The van der Waals surface area contributed by atoms with Gasteiger partial charge in [-0.25, -0.2) is 0 Å². The van der Waals surface area contributed by atoms with E-state index in [1.807, 2.05) is 6.08 Å². The highest BCUT2D eigenvalue weighted by atomic mass is 16.5. The van der Waals surface area contributed by atoms with Gasteiger partial charge in [-0.15, -0.1) is 0 Å². The number of rotatable bonds is 7. The van der Waals surface area contributed by atoms with Crippen LogP contribution in [0.1, 0.15) is 66.7 Å². The van der Waals surface area contributed by atoms with Crippen LogP contribution < -0.4 is 0 Å². The second kappa shape index (κ2) is 9.51. The summed E-state index contributed by atoms with van der Waals surface area (Å²) in [5, 5.41) is 0. The molecule has 4 aliphatic carbocycles. The summed E-state index contributed by atoms with van der Waals surface area (Å²) in [6.07, 6.45) is 10.8. The third-order valence-corrected chi connectivity index (χ3v) is 9.21. The number of carbonyl (C=O) groups is 4. The quantitative estimate of drug-likeness (QED) is 0.383. The Kier molecular flexibility index (Phi) is 6.96. The normalized spacial score (nSPS) is 37.4. The van der Waals surface area contributed by atoms with Crippen molar-refractivity contribution in [2.24, 2.45) is 40.4 Å². The predicted octanol–water partition coefficient (Wildman–Crippen LogP) is 4.78. The van der Waals surface area contributed by atoms with Crippen molar-refractivity contribution in [1.29, 1.82) is 0 Å². The minimum atomic E-state index is -0.384. The van der Waals surface area contributed by atoms with Gasteiger partial charge in [0, 0.05) is 30.1 Å². The summed E-state index contributed by atoms with van der Waals surface area (Å²) in [6.45, 7) is 10.0.